The van der Waals surface area contributed by atoms with E-state index in [1.54, 1.807) is 25.6 Å². The number of fused-ring (bicyclic) bond motifs is 1. The van der Waals surface area contributed by atoms with Crippen molar-refractivity contribution >= 4 is 10.9 Å². The van der Waals surface area contributed by atoms with Crippen molar-refractivity contribution in [1.82, 2.24) is 15.0 Å². The molecule has 0 atom stereocenters. The maximum atomic E-state index is 5.50. The Hall–Kier alpha value is -3.39. The van der Waals surface area contributed by atoms with Gasteiger partial charge < -0.3 is 21.9 Å². The zero-order valence-corrected chi connectivity index (χ0v) is 18.0. The second-order valence-corrected chi connectivity index (χ2v) is 6.67. The smallest absolute Gasteiger partial charge is 0.212 e. The van der Waals surface area contributed by atoms with E-state index in [0.29, 0.717) is 25.5 Å². The van der Waals surface area contributed by atoms with Gasteiger partial charge in [0, 0.05) is 55.4 Å². The van der Waals surface area contributed by atoms with Crippen molar-refractivity contribution in [2.45, 2.75) is 26.6 Å². The maximum Gasteiger partial charge on any atom is 0.212 e. The Bertz CT molecular complexity index is 1010. The molecule has 6 N–H and O–H groups in total. The van der Waals surface area contributed by atoms with Gasteiger partial charge in [-0.2, -0.15) is 0 Å². The van der Waals surface area contributed by atoms with E-state index >= 15 is 0 Å². The molecule has 7 nitrogen and oxygen atoms in total. The standard InChI is InChI=1S/C10H10N2.C7H10N2O.C7H10N2/c11-6-8-5-9-3-1-2-4-10(9)12-7-8;1-10-7-3-2-6(4-8)5-9-7;1-6-2-3-7(4-8)5-9-6/h1-5,7H,6,11H2;2-3,5H,4,8H2,1H3;2-3,5H,4,8H2,1H3. The quantitative estimate of drug-likeness (QED) is 0.465. The molecule has 4 aromatic rings. The summed E-state index contributed by atoms with van der Waals surface area (Å²) in [4.78, 5) is 12.3. The van der Waals surface area contributed by atoms with E-state index in [1.807, 2.05) is 55.6 Å². The average molecular weight is 419 g/mol. The van der Waals surface area contributed by atoms with Crippen LogP contribution in [0.1, 0.15) is 22.4 Å². The van der Waals surface area contributed by atoms with Gasteiger partial charge in [-0.25, -0.2) is 4.98 Å². The summed E-state index contributed by atoms with van der Waals surface area (Å²) in [6, 6.07) is 17.7. The van der Waals surface area contributed by atoms with Crippen LogP contribution in [-0.2, 0) is 19.6 Å². The first-order valence-electron chi connectivity index (χ1n) is 9.94. The van der Waals surface area contributed by atoms with Gasteiger partial charge in [-0.3, -0.25) is 9.97 Å². The lowest BCUT2D eigenvalue weighted by Crippen LogP contribution is -1.97. The number of rotatable bonds is 4. The number of pyridine rings is 3. The summed E-state index contributed by atoms with van der Waals surface area (Å²) in [6.07, 6.45) is 5.33. The van der Waals surface area contributed by atoms with Gasteiger partial charge in [0.05, 0.1) is 12.6 Å². The molecule has 0 bridgehead atoms. The zero-order valence-electron chi connectivity index (χ0n) is 18.0. The Labute approximate surface area is 183 Å². The van der Waals surface area contributed by atoms with Gasteiger partial charge in [0.1, 0.15) is 0 Å². The summed E-state index contributed by atoms with van der Waals surface area (Å²) in [7, 11) is 1.59. The molecule has 0 saturated heterocycles. The van der Waals surface area contributed by atoms with Gasteiger partial charge >= 0.3 is 0 Å². The van der Waals surface area contributed by atoms with E-state index in [-0.39, 0.29) is 0 Å². The number of aryl methyl sites for hydroxylation is 1. The Morgan fingerprint density at radius 2 is 1.32 bits per heavy atom. The summed E-state index contributed by atoms with van der Waals surface area (Å²) < 4.78 is 4.86. The van der Waals surface area contributed by atoms with Crippen LogP contribution in [0.25, 0.3) is 10.9 Å². The molecular formula is C24H30N6O. The molecule has 3 heterocycles. The predicted octanol–water partition coefficient (Wildman–Crippen LogP) is 3.09. The molecule has 4 rings (SSSR count). The van der Waals surface area contributed by atoms with Gasteiger partial charge in [0.2, 0.25) is 5.88 Å². The molecule has 0 fully saturated rings. The number of benzene rings is 1. The van der Waals surface area contributed by atoms with E-state index in [1.165, 1.54) is 0 Å². The zero-order chi connectivity index (χ0) is 22.5. The van der Waals surface area contributed by atoms with Crippen LogP contribution in [-0.4, -0.2) is 22.1 Å². The molecule has 0 aliphatic heterocycles. The summed E-state index contributed by atoms with van der Waals surface area (Å²) >= 11 is 0. The largest absolute Gasteiger partial charge is 0.481 e. The number of nitrogens with zero attached hydrogens (tertiary/aromatic N) is 3. The normalized spacial score (nSPS) is 9.84. The highest BCUT2D eigenvalue weighted by molar-refractivity contribution is 5.78. The van der Waals surface area contributed by atoms with Crippen molar-refractivity contribution < 1.29 is 4.74 Å². The maximum absolute atomic E-state index is 5.50. The minimum absolute atomic E-state index is 0.525. The summed E-state index contributed by atoms with van der Waals surface area (Å²) in [6.45, 7) is 3.61. The van der Waals surface area contributed by atoms with E-state index in [0.717, 1.165) is 33.3 Å². The fourth-order valence-electron chi connectivity index (χ4n) is 2.50. The first kappa shape index (κ1) is 23.9. The fraction of sp³-hybridized carbons (Fsp3) is 0.208. The third-order valence-electron chi connectivity index (χ3n) is 4.33. The second-order valence-electron chi connectivity index (χ2n) is 6.67. The fourth-order valence-corrected chi connectivity index (χ4v) is 2.50. The van der Waals surface area contributed by atoms with Crippen LogP contribution in [0.3, 0.4) is 0 Å². The molecule has 162 valence electrons. The second kappa shape index (κ2) is 13.0. The Morgan fingerprint density at radius 1 is 0.710 bits per heavy atom. The van der Waals surface area contributed by atoms with Crippen molar-refractivity contribution in [1.29, 1.82) is 0 Å². The van der Waals surface area contributed by atoms with Crippen LogP contribution in [0.4, 0.5) is 0 Å². The molecule has 31 heavy (non-hydrogen) atoms. The Kier molecular flexibility index (Phi) is 10.0. The summed E-state index contributed by atoms with van der Waals surface area (Å²) in [5, 5.41) is 1.15. The minimum Gasteiger partial charge on any atom is -0.481 e. The molecule has 7 heteroatoms. The van der Waals surface area contributed by atoms with Gasteiger partial charge in [0.25, 0.3) is 0 Å². The van der Waals surface area contributed by atoms with E-state index in [4.69, 9.17) is 21.9 Å². The van der Waals surface area contributed by atoms with Crippen molar-refractivity contribution in [3.8, 4) is 5.88 Å². The molecule has 0 amide bonds. The number of para-hydroxylation sites is 1. The lowest BCUT2D eigenvalue weighted by molar-refractivity contribution is 0.397. The van der Waals surface area contributed by atoms with E-state index in [9.17, 15) is 0 Å². The van der Waals surface area contributed by atoms with Crippen molar-refractivity contribution in [2.24, 2.45) is 17.2 Å². The highest BCUT2D eigenvalue weighted by Gasteiger charge is 1.94. The highest BCUT2D eigenvalue weighted by Crippen LogP contribution is 2.11. The first-order chi connectivity index (χ1) is 15.1. The summed E-state index contributed by atoms with van der Waals surface area (Å²) in [5.41, 5.74) is 21.5. The topological polar surface area (TPSA) is 126 Å². The first-order valence-corrected chi connectivity index (χ1v) is 9.94. The lowest BCUT2D eigenvalue weighted by atomic mass is 10.2. The molecule has 1 aromatic carbocycles. The van der Waals surface area contributed by atoms with Crippen LogP contribution in [0, 0.1) is 6.92 Å². The molecular weight excluding hydrogens is 388 g/mol. The molecule has 0 radical (unpaired) electrons. The lowest BCUT2D eigenvalue weighted by Gasteiger charge is -1.98. The monoisotopic (exact) mass is 418 g/mol. The number of methoxy groups -OCH3 is 1. The Morgan fingerprint density at radius 3 is 1.87 bits per heavy atom. The average Bonchev–Trinajstić information content (AvgIpc) is 2.85. The van der Waals surface area contributed by atoms with Gasteiger partial charge in [0.15, 0.2) is 0 Å². The van der Waals surface area contributed by atoms with Gasteiger partial charge in [-0.15, -0.1) is 0 Å². The van der Waals surface area contributed by atoms with E-state index in [2.05, 4.69) is 21.0 Å². The molecule has 0 unspecified atom stereocenters. The minimum atomic E-state index is 0.525. The third kappa shape index (κ3) is 8.10. The number of aromatic nitrogens is 3. The van der Waals surface area contributed by atoms with Crippen molar-refractivity contribution in [2.75, 3.05) is 7.11 Å². The molecule has 3 aromatic heterocycles. The Balaban J connectivity index is 0.000000167. The highest BCUT2D eigenvalue weighted by atomic mass is 16.5. The SMILES string of the molecule is COc1ccc(CN)cn1.Cc1ccc(CN)cn1.NCc1cnc2ccccc2c1. The van der Waals surface area contributed by atoms with Crippen LogP contribution >= 0.6 is 0 Å². The number of ether oxygens (including phenoxy) is 1. The summed E-state index contributed by atoms with van der Waals surface area (Å²) in [5.74, 6) is 0.622. The van der Waals surface area contributed by atoms with Crippen molar-refractivity contribution in [3.05, 3.63) is 95.6 Å². The van der Waals surface area contributed by atoms with Crippen LogP contribution < -0.4 is 21.9 Å². The molecule has 0 aliphatic carbocycles. The molecule has 0 saturated carbocycles. The van der Waals surface area contributed by atoms with Gasteiger partial charge in [-0.05, 0) is 41.8 Å². The van der Waals surface area contributed by atoms with E-state index < -0.39 is 0 Å². The predicted molar refractivity (Wildman–Crippen MR) is 125 cm³/mol. The number of nitrogens with two attached hydrogens (primary N) is 3. The molecule has 0 spiro atoms. The van der Waals surface area contributed by atoms with Crippen LogP contribution in [0.2, 0.25) is 0 Å². The van der Waals surface area contributed by atoms with Crippen LogP contribution in [0.15, 0.2) is 73.2 Å². The van der Waals surface area contributed by atoms with Gasteiger partial charge in [-0.1, -0.05) is 30.3 Å². The number of hydrogen-bond donors (Lipinski definition) is 3. The van der Waals surface area contributed by atoms with Crippen LogP contribution in [0.5, 0.6) is 5.88 Å². The molecule has 0 aliphatic rings. The van der Waals surface area contributed by atoms with Crippen molar-refractivity contribution in [3.63, 3.8) is 0 Å². The number of hydrogen-bond acceptors (Lipinski definition) is 7. The third-order valence-corrected chi connectivity index (χ3v) is 4.33.